The van der Waals surface area contributed by atoms with Crippen LogP contribution in [0.5, 0.6) is 0 Å². The predicted octanol–water partition coefficient (Wildman–Crippen LogP) is 1.59. The third-order valence-electron chi connectivity index (χ3n) is 3.25. The molecule has 0 aromatic carbocycles. The van der Waals surface area contributed by atoms with Gasteiger partial charge in [-0.3, -0.25) is 4.98 Å². The van der Waals surface area contributed by atoms with Crippen LogP contribution in [0.4, 0.5) is 5.69 Å². The Hall–Kier alpha value is -1.14. The topological polar surface area (TPSA) is 71.1 Å². The van der Waals surface area contributed by atoms with Crippen LogP contribution in [0.15, 0.2) is 23.4 Å². The van der Waals surface area contributed by atoms with Crippen LogP contribution in [0, 0.1) is 5.41 Å². The van der Waals surface area contributed by atoms with E-state index in [1.807, 2.05) is 6.92 Å². The largest absolute Gasteiger partial charge is 0.384 e. The molecule has 1 aromatic heterocycles. The first-order chi connectivity index (χ1) is 8.37. The van der Waals surface area contributed by atoms with E-state index in [4.69, 9.17) is 0 Å². The molecular formula is C12H19N3O2S. The van der Waals surface area contributed by atoms with Gasteiger partial charge in [-0.2, -0.15) is 0 Å². The minimum Gasteiger partial charge on any atom is -0.384 e. The molecule has 2 rings (SSSR count). The number of aromatic nitrogens is 1. The summed E-state index contributed by atoms with van der Waals surface area (Å²) >= 11 is 0. The van der Waals surface area contributed by atoms with E-state index in [1.165, 1.54) is 6.20 Å². The van der Waals surface area contributed by atoms with E-state index >= 15 is 0 Å². The van der Waals surface area contributed by atoms with Crippen molar-refractivity contribution >= 4 is 15.7 Å². The second kappa shape index (κ2) is 4.51. The first kappa shape index (κ1) is 13.3. The quantitative estimate of drug-likeness (QED) is 0.851. The van der Waals surface area contributed by atoms with Crippen LogP contribution >= 0.6 is 0 Å². The van der Waals surface area contributed by atoms with Crippen molar-refractivity contribution in [2.75, 3.05) is 11.9 Å². The van der Waals surface area contributed by atoms with Gasteiger partial charge in [0.05, 0.1) is 5.69 Å². The number of hydrogen-bond donors (Lipinski definition) is 2. The molecule has 0 aliphatic heterocycles. The van der Waals surface area contributed by atoms with E-state index < -0.39 is 10.0 Å². The number of sulfonamides is 1. The van der Waals surface area contributed by atoms with E-state index in [-0.39, 0.29) is 16.4 Å². The molecule has 1 aliphatic rings. The van der Waals surface area contributed by atoms with Gasteiger partial charge in [-0.05, 0) is 24.8 Å². The Bertz CT molecular complexity index is 540. The van der Waals surface area contributed by atoms with E-state index in [0.29, 0.717) is 12.2 Å². The summed E-state index contributed by atoms with van der Waals surface area (Å²) in [7, 11) is -3.50. The summed E-state index contributed by atoms with van der Waals surface area (Å²) in [6.07, 6.45) is 3.84. The number of rotatable bonds is 5. The van der Waals surface area contributed by atoms with Crippen LogP contribution in [-0.2, 0) is 10.0 Å². The zero-order valence-corrected chi connectivity index (χ0v) is 11.7. The Morgan fingerprint density at radius 1 is 1.50 bits per heavy atom. The maximum atomic E-state index is 12.3. The van der Waals surface area contributed by atoms with E-state index in [0.717, 1.165) is 6.42 Å². The van der Waals surface area contributed by atoms with Crippen molar-refractivity contribution in [1.29, 1.82) is 0 Å². The first-order valence-electron chi connectivity index (χ1n) is 6.07. The molecule has 2 N–H and O–H groups in total. The van der Waals surface area contributed by atoms with Gasteiger partial charge in [0.1, 0.15) is 4.90 Å². The van der Waals surface area contributed by atoms with Crippen molar-refractivity contribution in [1.82, 2.24) is 9.71 Å². The lowest BCUT2D eigenvalue weighted by Gasteiger charge is -2.12. The molecule has 1 unspecified atom stereocenters. The standard InChI is InChI=1S/C12H19N3O2S/c1-4-14-9-5-6-13-8-10(9)18(16,17)15-11-7-12(11,2)3/h5-6,8,11,15H,4,7H2,1-3H3,(H,13,14). The van der Waals surface area contributed by atoms with Crippen LogP contribution in [0.25, 0.3) is 0 Å². The smallest absolute Gasteiger partial charge is 0.244 e. The molecule has 1 atom stereocenters. The summed E-state index contributed by atoms with van der Waals surface area (Å²) in [6, 6.07) is 1.70. The fourth-order valence-electron chi connectivity index (χ4n) is 1.85. The third kappa shape index (κ3) is 2.64. The lowest BCUT2D eigenvalue weighted by atomic mass is 10.2. The summed E-state index contributed by atoms with van der Waals surface area (Å²) in [5.41, 5.74) is 0.659. The van der Waals surface area contributed by atoms with Gasteiger partial charge in [0.15, 0.2) is 0 Å². The number of nitrogens with zero attached hydrogens (tertiary/aromatic N) is 1. The summed E-state index contributed by atoms with van der Waals surface area (Å²) < 4.78 is 27.3. The highest BCUT2D eigenvalue weighted by Crippen LogP contribution is 2.45. The Balaban J connectivity index is 2.24. The van der Waals surface area contributed by atoms with Crippen LogP contribution in [0.2, 0.25) is 0 Å². The molecule has 1 aliphatic carbocycles. The van der Waals surface area contributed by atoms with Crippen LogP contribution in [0.3, 0.4) is 0 Å². The van der Waals surface area contributed by atoms with Gasteiger partial charge >= 0.3 is 0 Å². The fraction of sp³-hybridized carbons (Fsp3) is 0.583. The Morgan fingerprint density at radius 2 is 2.17 bits per heavy atom. The van der Waals surface area contributed by atoms with Gasteiger partial charge in [0, 0.05) is 25.0 Å². The van der Waals surface area contributed by atoms with Crippen LogP contribution in [0.1, 0.15) is 27.2 Å². The van der Waals surface area contributed by atoms with Gasteiger partial charge in [-0.15, -0.1) is 0 Å². The predicted molar refractivity (Wildman–Crippen MR) is 70.9 cm³/mol. The Labute approximate surface area is 108 Å². The average molecular weight is 269 g/mol. The lowest BCUT2D eigenvalue weighted by molar-refractivity contribution is 0.555. The molecule has 100 valence electrons. The summed E-state index contributed by atoms with van der Waals surface area (Å²) in [5.74, 6) is 0. The van der Waals surface area contributed by atoms with Gasteiger partial charge < -0.3 is 5.32 Å². The SMILES string of the molecule is CCNc1ccncc1S(=O)(=O)NC1CC1(C)C. The molecular weight excluding hydrogens is 250 g/mol. The van der Waals surface area contributed by atoms with Crippen molar-refractivity contribution in [3.05, 3.63) is 18.5 Å². The second-order valence-electron chi connectivity index (χ2n) is 5.27. The van der Waals surface area contributed by atoms with E-state index in [1.54, 1.807) is 12.3 Å². The molecule has 0 amide bonds. The van der Waals surface area contributed by atoms with Gasteiger partial charge in [-0.1, -0.05) is 13.8 Å². The van der Waals surface area contributed by atoms with Gasteiger partial charge in [0.25, 0.3) is 0 Å². The van der Waals surface area contributed by atoms with Crippen molar-refractivity contribution in [3.8, 4) is 0 Å². The Morgan fingerprint density at radius 3 is 2.72 bits per heavy atom. The van der Waals surface area contributed by atoms with Gasteiger partial charge in [-0.25, -0.2) is 13.1 Å². The van der Waals surface area contributed by atoms with Crippen molar-refractivity contribution < 1.29 is 8.42 Å². The van der Waals surface area contributed by atoms with Crippen molar-refractivity contribution in [2.45, 2.75) is 38.1 Å². The third-order valence-corrected chi connectivity index (χ3v) is 4.75. The second-order valence-corrected chi connectivity index (χ2v) is 6.95. The first-order valence-corrected chi connectivity index (χ1v) is 7.55. The number of nitrogens with one attached hydrogen (secondary N) is 2. The number of anilines is 1. The molecule has 1 fully saturated rings. The minimum absolute atomic E-state index is 0.0252. The Kier molecular flexibility index (Phi) is 3.33. The lowest BCUT2D eigenvalue weighted by Crippen LogP contribution is -2.29. The van der Waals surface area contributed by atoms with Crippen molar-refractivity contribution in [3.63, 3.8) is 0 Å². The number of pyridine rings is 1. The molecule has 0 spiro atoms. The summed E-state index contributed by atoms with van der Waals surface area (Å²) in [5, 5.41) is 3.04. The van der Waals surface area contributed by atoms with Crippen LogP contribution in [-0.4, -0.2) is 26.0 Å². The summed E-state index contributed by atoms with van der Waals surface area (Å²) in [6.45, 7) is 6.69. The summed E-state index contributed by atoms with van der Waals surface area (Å²) in [4.78, 5) is 4.12. The highest BCUT2D eigenvalue weighted by Gasteiger charge is 2.48. The molecule has 0 bridgehead atoms. The molecule has 1 heterocycles. The maximum absolute atomic E-state index is 12.3. The normalized spacial score (nSPS) is 21.6. The molecule has 6 heteroatoms. The van der Waals surface area contributed by atoms with E-state index in [2.05, 4.69) is 28.9 Å². The monoisotopic (exact) mass is 269 g/mol. The molecule has 0 radical (unpaired) electrons. The minimum atomic E-state index is -3.50. The molecule has 18 heavy (non-hydrogen) atoms. The zero-order valence-electron chi connectivity index (χ0n) is 10.9. The molecule has 1 saturated carbocycles. The maximum Gasteiger partial charge on any atom is 0.244 e. The highest BCUT2D eigenvalue weighted by molar-refractivity contribution is 7.89. The van der Waals surface area contributed by atoms with Crippen LogP contribution < -0.4 is 10.0 Å². The van der Waals surface area contributed by atoms with Crippen molar-refractivity contribution in [2.24, 2.45) is 5.41 Å². The fourth-order valence-corrected chi connectivity index (χ4v) is 3.38. The average Bonchev–Trinajstić information content (AvgIpc) is 2.86. The van der Waals surface area contributed by atoms with E-state index in [9.17, 15) is 8.42 Å². The van der Waals surface area contributed by atoms with Gasteiger partial charge in [0.2, 0.25) is 10.0 Å². The zero-order chi connectivity index (χ0) is 13.4. The molecule has 5 nitrogen and oxygen atoms in total. The molecule has 0 saturated heterocycles. The number of hydrogen-bond acceptors (Lipinski definition) is 4. The highest BCUT2D eigenvalue weighted by atomic mass is 32.2. The molecule has 1 aromatic rings.